The molecule has 90 valence electrons. The van der Waals surface area contributed by atoms with Crippen LogP contribution in [-0.4, -0.2) is 22.2 Å². The minimum atomic E-state index is -0.696. The smallest absolute Gasteiger partial charge is 0.303 e. The fourth-order valence-electron chi connectivity index (χ4n) is 0.740. The van der Waals surface area contributed by atoms with E-state index in [4.69, 9.17) is 10.2 Å². The molecule has 0 saturated carbocycles. The van der Waals surface area contributed by atoms with Crippen LogP contribution < -0.4 is 0 Å². The van der Waals surface area contributed by atoms with Gasteiger partial charge in [-0.05, 0) is 18.8 Å². The van der Waals surface area contributed by atoms with E-state index in [0.717, 1.165) is 19.3 Å². The monoisotopic (exact) mass is 218 g/mol. The predicted molar refractivity (Wildman–Crippen MR) is 58.9 cm³/mol. The van der Waals surface area contributed by atoms with E-state index in [1.54, 1.807) is 0 Å². The molecule has 4 heteroatoms. The molecule has 0 unspecified atom stereocenters. The van der Waals surface area contributed by atoms with Gasteiger partial charge in [0.15, 0.2) is 0 Å². The quantitative estimate of drug-likeness (QED) is 0.718. The Bertz CT molecular complexity index is 175. The molecule has 0 bridgehead atoms. The maximum Gasteiger partial charge on any atom is 0.303 e. The third-order valence-corrected chi connectivity index (χ3v) is 1.68. The van der Waals surface area contributed by atoms with Crippen LogP contribution in [0.15, 0.2) is 0 Å². The summed E-state index contributed by atoms with van der Waals surface area (Å²) < 4.78 is 0. The van der Waals surface area contributed by atoms with Gasteiger partial charge in [-0.3, -0.25) is 9.59 Å². The van der Waals surface area contributed by atoms with Crippen molar-refractivity contribution in [1.29, 1.82) is 0 Å². The average Bonchev–Trinajstić information content (AvgIpc) is 2.12. The van der Waals surface area contributed by atoms with Gasteiger partial charge in [-0.25, -0.2) is 0 Å². The molecule has 0 radical (unpaired) electrons. The van der Waals surface area contributed by atoms with Crippen molar-refractivity contribution in [2.75, 3.05) is 0 Å². The Morgan fingerprint density at radius 2 is 1.53 bits per heavy atom. The van der Waals surface area contributed by atoms with Crippen LogP contribution in [0, 0.1) is 5.92 Å². The van der Waals surface area contributed by atoms with Gasteiger partial charge in [0.05, 0.1) is 0 Å². The van der Waals surface area contributed by atoms with Crippen LogP contribution in [0.25, 0.3) is 0 Å². The third kappa shape index (κ3) is 24.6. The minimum absolute atomic E-state index is 0.303. The zero-order chi connectivity index (χ0) is 12.3. The molecule has 0 fully saturated rings. The van der Waals surface area contributed by atoms with Crippen molar-refractivity contribution in [3.05, 3.63) is 0 Å². The Morgan fingerprint density at radius 1 is 1.07 bits per heavy atom. The first-order chi connectivity index (χ1) is 6.90. The molecule has 0 spiro atoms. The van der Waals surface area contributed by atoms with Crippen molar-refractivity contribution in [2.24, 2.45) is 5.92 Å². The van der Waals surface area contributed by atoms with Gasteiger partial charge in [0.25, 0.3) is 0 Å². The Balaban J connectivity index is 0. The molecule has 0 aliphatic carbocycles. The largest absolute Gasteiger partial charge is 0.481 e. The molecule has 4 nitrogen and oxygen atoms in total. The number of carbonyl (C=O) groups is 2. The highest BCUT2D eigenvalue weighted by Crippen LogP contribution is 2.01. The summed E-state index contributed by atoms with van der Waals surface area (Å²) in [6, 6.07) is 0. The molecule has 2 N–H and O–H groups in total. The average molecular weight is 218 g/mol. The Hall–Kier alpha value is -1.06. The maximum absolute atomic E-state index is 9.90. The van der Waals surface area contributed by atoms with Crippen LogP contribution in [0.4, 0.5) is 0 Å². The molecule has 0 aromatic heterocycles. The van der Waals surface area contributed by atoms with E-state index in [1.807, 2.05) is 20.8 Å². The summed E-state index contributed by atoms with van der Waals surface area (Å²) in [6.07, 6.45) is 3.17. The molecule has 0 saturated heterocycles. The van der Waals surface area contributed by atoms with E-state index >= 15 is 0 Å². The highest BCUT2D eigenvalue weighted by Gasteiger charge is 1.97. The van der Waals surface area contributed by atoms with Gasteiger partial charge in [0.1, 0.15) is 0 Å². The van der Waals surface area contributed by atoms with E-state index in [-0.39, 0.29) is 0 Å². The number of aliphatic carboxylic acids is 2. The molecular formula is C11H22O4. The summed E-state index contributed by atoms with van der Waals surface area (Å²) in [6.45, 7) is 6.01. The second-order valence-corrected chi connectivity index (χ2v) is 3.82. The van der Waals surface area contributed by atoms with Crippen LogP contribution in [0.2, 0.25) is 0 Å². The van der Waals surface area contributed by atoms with Crippen LogP contribution in [0.5, 0.6) is 0 Å². The van der Waals surface area contributed by atoms with E-state index in [0.29, 0.717) is 18.8 Å². The van der Waals surface area contributed by atoms with Crippen molar-refractivity contribution in [1.82, 2.24) is 0 Å². The first-order valence-corrected chi connectivity index (χ1v) is 5.33. The van der Waals surface area contributed by atoms with Gasteiger partial charge in [-0.1, -0.05) is 27.2 Å². The second-order valence-electron chi connectivity index (χ2n) is 3.82. The van der Waals surface area contributed by atoms with Crippen molar-refractivity contribution in [2.45, 2.75) is 52.9 Å². The minimum Gasteiger partial charge on any atom is -0.481 e. The SMILES string of the molecule is CC(C)CCC(=O)O.CCCCC(=O)O. The molecular weight excluding hydrogens is 196 g/mol. The van der Waals surface area contributed by atoms with Gasteiger partial charge in [0, 0.05) is 12.8 Å². The Labute approximate surface area is 91.3 Å². The van der Waals surface area contributed by atoms with Gasteiger partial charge in [-0.15, -0.1) is 0 Å². The Morgan fingerprint density at radius 3 is 1.67 bits per heavy atom. The number of carboxylic acid groups (broad SMARTS) is 2. The standard InChI is InChI=1S/C6H12O2.C5H10O2/c1-5(2)3-4-6(7)8;1-2-3-4-5(6)7/h5H,3-4H2,1-2H3,(H,7,8);2-4H2,1H3,(H,6,7). The molecule has 0 heterocycles. The first kappa shape index (κ1) is 16.4. The van der Waals surface area contributed by atoms with Gasteiger partial charge in [-0.2, -0.15) is 0 Å². The lowest BCUT2D eigenvalue weighted by Gasteiger charge is -1.97. The zero-order valence-electron chi connectivity index (χ0n) is 9.82. The van der Waals surface area contributed by atoms with E-state index in [9.17, 15) is 9.59 Å². The van der Waals surface area contributed by atoms with Crippen LogP contribution >= 0.6 is 0 Å². The molecule has 0 atom stereocenters. The van der Waals surface area contributed by atoms with Crippen LogP contribution in [0.3, 0.4) is 0 Å². The highest BCUT2D eigenvalue weighted by molar-refractivity contribution is 5.66. The number of rotatable bonds is 6. The Kier molecular flexibility index (Phi) is 12.0. The highest BCUT2D eigenvalue weighted by atomic mass is 16.4. The first-order valence-electron chi connectivity index (χ1n) is 5.33. The molecule has 0 aromatic carbocycles. The van der Waals surface area contributed by atoms with Crippen LogP contribution in [0.1, 0.15) is 52.9 Å². The van der Waals surface area contributed by atoms with E-state index in [2.05, 4.69) is 0 Å². The summed E-state index contributed by atoms with van der Waals surface area (Å²) in [5.74, 6) is -0.883. The normalized spacial score (nSPS) is 9.33. The lowest BCUT2D eigenvalue weighted by molar-refractivity contribution is -0.138. The van der Waals surface area contributed by atoms with E-state index in [1.165, 1.54) is 0 Å². The predicted octanol–water partition coefficient (Wildman–Crippen LogP) is 2.77. The lowest BCUT2D eigenvalue weighted by Crippen LogP contribution is -1.97. The third-order valence-electron chi connectivity index (χ3n) is 1.68. The van der Waals surface area contributed by atoms with Crippen molar-refractivity contribution in [3.63, 3.8) is 0 Å². The van der Waals surface area contributed by atoms with Crippen LogP contribution in [-0.2, 0) is 9.59 Å². The lowest BCUT2D eigenvalue weighted by atomic mass is 10.1. The summed E-state index contributed by atoms with van der Waals surface area (Å²) in [5, 5.41) is 16.2. The molecule has 0 rings (SSSR count). The maximum atomic E-state index is 9.90. The molecule has 0 aliphatic heterocycles. The number of unbranched alkanes of at least 4 members (excludes halogenated alkanes) is 1. The van der Waals surface area contributed by atoms with Crippen molar-refractivity contribution < 1.29 is 19.8 Å². The van der Waals surface area contributed by atoms with Gasteiger partial charge < -0.3 is 10.2 Å². The van der Waals surface area contributed by atoms with Crippen molar-refractivity contribution >= 4 is 11.9 Å². The number of hydrogen-bond donors (Lipinski definition) is 2. The molecule has 15 heavy (non-hydrogen) atoms. The molecule has 0 amide bonds. The summed E-state index contributed by atoms with van der Waals surface area (Å²) >= 11 is 0. The van der Waals surface area contributed by atoms with Gasteiger partial charge >= 0.3 is 11.9 Å². The fraction of sp³-hybridized carbons (Fsp3) is 0.818. The fourth-order valence-corrected chi connectivity index (χ4v) is 0.740. The zero-order valence-corrected chi connectivity index (χ0v) is 9.82. The van der Waals surface area contributed by atoms with Crippen molar-refractivity contribution in [3.8, 4) is 0 Å². The van der Waals surface area contributed by atoms with Gasteiger partial charge in [0.2, 0.25) is 0 Å². The summed E-state index contributed by atoms with van der Waals surface area (Å²) in [7, 11) is 0. The topological polar surface area (TPSA) is 74.6 Å². The second kappa shape index (κ2) is 11.0. The van der Waals surface area contributed by atoms with E-state index < -0.39 is 11.9 Å². The number of carboxylic acids is 2. The number of hydrogen-bond acceptors (Lipinski definition) is 2. The summed E-state index contributed by atoms with van der Waals surface area (Å²) in [5.41, 5.74) is 0. The molecule has 0 aliphatic rings. The molecule has 0 aromatic rings. The summed E-state index contributed by atoms with van der Waals surface area (Å²) in [4.78, 5) is 19.7.